The van der Waals surface area contributed by atoms with Gasteiger partial charge in [-0.1, -0.05) is 40.9 Å². The number of methoxy groups -OCH3 is 1. The number of carbonyl (C=O) groups is 4. The molecule has 13 heteroatoms. The van der Waals surface area contributed by atoms with Crippen LogP contribution in [0.25, 0.3) is 6.08 Å². The lowest BCUT2D eigenvalue weighted by molar-refractivity contribution is -0.127. The van der Waals surface area contributed by atoms with Crippen molar-refractivity contribution in [2.75, 3.05) is 37.0 Å². The van der Waals surface area contributed by atoms with Gasteiger partial charge >= 0.3 is 5.97 Å². The summed E-state index contributed by atoms with van der Waals surface area (Å²) in [6.45, 7) is 5.25. The number of amides is 3. The van der Waals surface area contributed by atoms with Crippen LogP contribution < -0.4 is 15.0 Å². The Morgan fingerprint density at radius 1 is 0.977 bits per heavy atom. The van der Waals surface area contributed by atoms with Crippen LogP contribution in [0.3, 0.4) is 0 Å². The van der Waals surface area contributed by atoms with Crippen LogP contribution in [-0.4, -0.2) is 54.7 Å². The third-order valence-electron chi connectivity index (χ3n) is 6.64. The van der Waals surface area contributed by atoms with Crippen molar-refractivity contribution < 1.29 is 28.7 Å². The van der Waals surface area contributed by atoms with Crippen LogP contribution >= 0.6 is 46.6 Å². The van der Waals surface area contributed by atoms with Gasteiger partial charge in [-0.2, -0.15) is 0 Å². The number of hydrogen-bond donors (Lipinski definition) is 1. The number of imide groups is 1. The minimum Gasteiger partial charge on any atom is -0.488 e. The van der Waals surface area contributed by atoms with Crippen LogP contribution in [0.15, 0.2) is 59.5 Å². The molecule has 0 aliphatic carbocycles. The maximum Gasteiger partial charge on any atom is 0.339 e. The summed E-state index contributed by atoms with van der Waals surface area (Å²) in [5.74, 6) is -1.46. The van der Waals surface area contributed by atoms with Crippen LogP contribution in [0.4, 0.5) is 16.2 Å². The SMILES string of the molecule is CCN(CC)c1ccc(/C=C2/SC(=O)N(CC(=O)Nc3ccc(Cl)c(C(=O)OC)c3)C2=O)c(OCc2ccc(Cl)cc2Cl)c1. The van der Waals surface area contributed by atoms with Gasteiger partial charge in [-0.05, 0) is 74.1 Å². The zero-order valence-corrected chi connectivity index (χ0v) is 27.1. The summed E-state index contributed by atoms with van der Waals surface area (Å²) in [5.41, 5.74) is 2.52. The predicted octanol–water partition coefficient (Wildman–Crippen LogP) is 7.53. The molecular weight excluding hydrogens is 649 g/mol. The van der Waals surface area contributed by atoms with Crippen molar-refractivity contribution in [2.24, 2.45) is 0 Å². The molecule has 230 valence electrons. The molecule has 1 aliphatic heterocycles. The van der Waals surface area contributed by atoms with Crippen LogP contribution in [0.2, 0.25) is 15.1 Å². The van der Waals surface area contributed by atoms with Crippen LogP contribution in [0.5, 0.6) is 5.75 Å². The highest BCUT2D eigenvalue weighted by molar-refractivity contribution is 8.18. The lowest BCUT2D eigenvalue weighted by Gasteiger charge is -2.22. The van der Waals surface area contributed by atoms with Gasteiger partial charge < -0.3 is 19.7 Å². The third-order valence-corrected chi connectivity index (χ3v) is 8.47. The number of nitrogens with zero attached hydrogens (tertiary/aromatic N) is 2. The molecule has 44 heavy (non-hydrogen) atoms. The van der Waals surface area contributed by atoms with E-state index >= 15 is 0 Å². The van der Waals surface area contributed by atoms with Crippen molar-refractivity contribution in [3.8, 4) is 5.75 Å². The quantitative estimate of drug-likeness (QED) is 0.164. The molecule has 0 unspecified atom stereocenters. The molecule has 0 bridgehead atoms. The highest BCUT2D eigenvalue weighted by Crippen LogP contribution is 2.36. The summed E-state index contributed by atoms with van der Waals surface area (Å²) in [4.78, 5) is 53.8. The zero-order valence-electron chi connectivity index (χ0n) is 24.0. The second kappa shape index (κ2) is 14.9. The monoisotopic (exact) mass is 675 g/mol. The van der Waals surface area contributed by atoms with Gasteiger partial charge in [0.25, 0.3) is 11.1 Å². The van der Waals surface area contributed by atoms with E-state index in [0.717, 1.165) is 41.0 Å². The molecule has 3 aromatic carbocycles. The van der Waals surface area contributed by atoms with E-state index in [1.807, 2.05) is 32.0 Å². The number of ether oxygens (including phenoxy) is 2. The number of thioether (sulfide) groups is 1. The lowest BCUT2D eigenvalue weighted by Crippen LogP contribution is -2.36. The van der Waals surface area contributed by atoms with Crippen molar-refractivity contribution in [1.82, 2.24) is 4.90 Å². The smallest absolute Gasteiger partial charge is 0.339 e. The van der Waals surface area contributed by atoms with Crippen molar-refractivity contribution in [3.63, 3.8) is 0 Å². The number of carbonyl (C=O) groups excluding carboxylic acids is 4. The molecule has 1 saturated heterocycles. The summed E-state index contributed by atoms with van der Waals surface area (Å²) in [5, 5.41) is 3.09. The first-order chi connectivity index (χ1) is 21.0. The molecule has 0 radical (unpaired) electrons. The van der Waals surface area contributed by atoms with E-state index in [-0.39, 0.29) is 27.8 Å². The Morgan fingerprint density at radius 3 is 2.41 bits per heavy atom. The van der Waals surface area contributed by atoms with Crippen molar-refractivity contribution in [3.05, 3.63) is 91.3 Å². The van der Waals surface area contributed by atoms with E-state index in [0.29, 0.717) is 21.4 Å². The van der Waals surface area contributed by atoms with E-state index in [2.05, 4.69) is 10.2 Å². The van der Waals surface area contributed by atoms with Gasteiger partial charge in [-0.15, -0.1) is 0 Å². The normalized spacial score (nSPS) is 13.8. The molecule has 1 N–H and O–H groups in total. The molecule has 4 rings (SSSR count). The van der Waals surface area contributed by atoms with Crippen molar-refractivity contribution in [1.29, 1.82) is 0 Å². The molecule has 0 saturated carbocycles. The highest BCUT2D eigenvalue weighted by atomic mass is 35.5. The number of esters is 1. The maximum absolute atomic E-state index is 13.2. The topological polar surface area (TPSA) is 105 Å². The minimum absolute atomic E-state index is 0.0597. The Bertz CT molecular complexity index is 1640. The molecule has 0 atom stereocenters. The molecule has 3 aromatic rings. The summed E-state index contributed by atoms with van der Waals surface area (Å²) in [6, 6.07) is 15.0. The molecule has 0 aromatic heterocycles. The largest absolute Gasteiger partial charge is 0.488 e. The number of halogens is 3. The standard InChI is InChI=1S/C31H28Cl3N3O6S/c1-4-36(5-2)22-10-7-18(26(15-22)43-17-19-6-8-20(32)13-25(19)34)12-27-29(39)37(31(41)44-27)16-28(38)35-21-9-11-24(33)23(14-21)30(40)42-3/h6-15H,4-5,16-17H2,1-3H3,(H,35,38)/b27-12+. The molecule has 1 aliphatic rings. The Labute approximate surface area is 274 Å². The average molecular weight is 677 g/mol. The van der Waals surface area contributed by atoms with E-state index in [1.165, 1.54) is 25.3 Å². The Balaban J connectivity index is 1.54. The fraction of sp³-hybridized carbons (Fsp3) is 0.226. The Hall–Kier alpha value is -3.70. The van der Waals surface area contributed by atoms with Crippen LogP contribution in [0, 0.1) is 0 Å². The molecule has 3 amide bonds. The Kier molecular flexibility index (Phi) is 11.2. The first kappa shape index (κ1) is 33.2. The fourth-order valence-corrected chi connectivity index (χ4v) is 5.82. The first-order valence-electron chi connectivity index (χ1n) is 13.4. The third kappa shape index (κ3) is 7.87. The summed E-state index contributed by atoms with van der Waals surface area (Å²) in [7, 11) is 1.21. The first-order valence-corrected chi connectivity index (χ1v) is 15.4. The minimum atomic E-state index is -0.674. The molecule has 9 nitrogen and oxygen atoms in total. The molecular formula is C31H28Cl3N3O6S. The van der Waals surface area contributed by atoms with Crippen molar-refractivity contribution in [2.45, 2.75) is 20.5 Å². The maximum atomic E-state index is 13.2. The van der Waals surface area contributed by atoms with Gasteiger partial charge in [0.2, 0.25) is 5.91 Å². The molecule has 1 heterocycles. The van der Waals surface area contributed by atoms with E-state index in [9.17, 15) is 19.2 Å². The number of anilines is 2. The number of nitrogens with one attached hydrogen (secondary N) is 1. The van der Waals surface area contributed by atoms with E-state index < -0.39 is 29.6 Å². The summed E-state index contributed by atoms with van der Waals surface area (Å²) < 4.78 is 10.9. The average Bonchev–Trinajstić information content (AvgIpc) is 3.25. The predicted molar refractivity (Wildman–Crippen MR) is 175 cm³/mol. The fourth-order valence-electron chi connectivity index (χ4n) is 4.34. The van der Waals surface area contributed by atoms with Gasteiger partial charge in [0.15, 0.2) is 0 Å². The highest BCUT2D eigenvalue weighted by Gasteiger charge is 2.36. The second-order valence-electron chi connectivity index (χ2n) is 9.42. The molecule has 1 fully saturated rings. The number of rotatable bonds is 11. The van der Waals surface area contributed by atoms with Gasteiger partial charge in [0.05, 0.1) is 22.6 Å². The van der Waals surface area contributed by atoms with Gasteiger partial charge in [0.1, 0.15) is 18.9 Å². The van der Waals surface area contributed by atoms with E-state index in [4.69, 9.17) is 44.3 Å². The van der Waals surface area contributed by atoms with Crippen LogP contribution in [0.1, 0.15) is 35.3 Å². The number of benzene rings is 3. The molecule has 0 spiro atoms. The summed E-state index contributed by atoms with van der Waals surface area (Å²) >= 11 is 19.1. The van der Waals surface area contributed by atoms with E-state index in [1.54, 1.807) is 24.3 Å². The van der Waals surface area contributed by atoms with Crippen LogP contribution in [-0.2, 0) is 20.9 Å². The lowest BCUT2D eigenvalue weighted by atomic mass is 10.1. The second-order valence-corrected chi connectivity index (χ2v) is 11.7. The van der Waals surface area contributed by atoms with Crippen molar-refractivity contribution >= 4 is 87.0 Å². The number of hydrogen-bond acceptors (Lipinski definition) is 8. The summed E-state index contributed by atoms with van der Waals surface area (Å²) in [6.07, 6.45) is 1.56. The zero-order chi connectivity index (χ0) is 32.0. The van der Waals surface area contributed by atoms with Gasteiger partial charge in [0, 0.05) is 51.7 Å². The van der Waals surface area contributed by atoms with Gasteiger partial charge in [-0.3, -0.25) is 19.3 Å². The Morgan fingerprint density at radius 2 is 1.73 bits per heavy atom. The van der Waals surface area contributed by atoms with Gasteiger partial charge in [-0.25, -0.2) is 4.79 Å².